The molecule has 1 N–H and O–H groups in total. The molecule has 0 radical (unpaired) electrons. The van der Waals surface area contributed by atoms with Crippen LogP contribution in [0.1, 0.15) is 32.1 Å². The highest BCUT2D eigenvalue weighted by Gasteiger charge is 2.17. The van der Waals surface area contributed by atoms with Crippen molar-refractivity contribution in [2.45, 2.75) is 39.8 Å². The molecule has 1 heterocycles. The molecule has 0 atom stereocenters. The van der Waals surface area contributed by atoms with Crippen molar-refractivity contribution in [2.75, 3.05) is 0 Å². The summed E-state index contributed by atoms with van der Waals surface area (Å²) in [6.07, 6.45) is -0.563. The third kappa shape index (κ3) is 4.55. The summed E-state index contributed by atoms with van der Waals surface area (Å²) in [6, 6.07) is 6.16. The molecule has 24 heavy (non-hydrogen) atoms. The Balaban J connectivity index is 2.10. The zero-order valence-corrected chi connectivity index (χ0v) is 14.0. The van der Waals surface area contributed by atoms with Crippen molar-refractivity contribution in [1.82, 2.24) is 10.5 Å². The summed E-state index contributed by atoms with van der Waals surface area (Å²) in [5.41, 5.74) is 1.30. The fourth-order valence-corrected chi connectivity index (χ4v) is 2.00. The van der Waals surface area contributed by atoms with Crippen LogP contribution in [0.4, 0.5) is 10.5 Å². The van der Waals surface area contributed by atoms with Crippen LogP contribution in [0.15, 0.2) is 28.8 Å². The predicted molar refractivity (Wildman–Crippen MR) is 86.4 cm³/mol. The zero-order valence-electron chi connectivity index (χ0n) is 14.0. The minimum Gasteiger partial charge on any atom is -0.444 e. The second-order valence-corrected chi connectivity index (χ2v) is 6.29. The van der Waals surface area contributed by atoms with Gasteiger partial charge >= 0.3 is 6.09 Å². The standard InChI is InChI=1S/C16H19N3O5/c1-10-5-6-11(19(21)22)7-13(10)14-8-12(24-18-14)9-17-15(20)23-16(2,3)4/h5-8H,9H2,1-4H3,(H,17,20). The number of nitrogens with zero attached hydrogens (tertiary/aromatic N) is 2. The van der Waals surface area contributed by atoms with Crippen LogP contribution in [-0.2, 0) is 11.3 Å². The van der Waals surface area contributed by atoms with E-state index in [0.29, 0.717) is 17.0 Å². The molecule has 0 saturated heterocycles. The molecule has 0 bridgehead atoms. The molecule has 0 aliphatic rings. The Labute approximate surface area is 138 Å². The number of nitrogens with one attached hydrogen (secondary N) is 1. The molecule has 0 fully saturated rings. The molecule has 0 unspecified atom stereocenters. The molecule has 0 aliphatic heterocycles. The average molecular weight is 333 g/mol. The minimum atomic E-state index is -0.587. The number of alkyl carbamates (subject to hydrolysis) is 1. The van der Waals surface area contributed by atoms with Crippen molar-refractivity contribution < 1.29 is 19.0 Å². The van der Waals surface area contributed by atoms with E-state index in [1.807, 2.05) is 6.92 Å². The number of benzene rings is 1. The highest BCUT2D eigenvalue weighted by Crippen LogP contribution is 2.27. The number of hydrogen-bond acceptors (Lipinski definition) is 6. The Morgan fingerprint density at radius 1 is 1.38 bits per heavy atom. The van der Waals surface area contributed by atoms with Crippen molar-refractivity contribution in [3.63, 3.8) is 0 Å². The highest BCUT2D eigenvalue weighted by atomic mass is 16.6. The van der Waals surface area contributed by atoms with Gasteiger partial charge in [-0.25, -0.2) is 4.79 Å². The number of aromatic nitrogens is 1. The number of ether oxygens (including phenoxy) is 1. The summed E-state index contributed by atoms with van der Waals surface area (Å²) in [4.78, 5) is 22.0. The lowest BCUT2D eigenvalue weighted by molar-refractivity contribution is -0.384. The molecule has 128 valence electrons. The molecule has 0 aliphatic carbocycles. The van der Waals surface area contributed by atoms with Gasteiger partial charge in [0.2, 0.25) is 0 Å². The Morgan fingerprint density at radius 2 is 2.08 bits per heavy atom. The van der Waals surface area contributed by atoms with Gasteiger partial charge in [-0.1, -0.05) is 11.2 Å². The first kappa shape index (κ1) is 17.5. The fourth-order valence-electron chi connectivity index (χ4n) is 2.00. The summed E-state index contributed by atoms with van der Waals surface area (Å²) < 4.78 is 10.3. The van der Waals surface area contributed by atoms with E-state index in [2.05, 4.69) is 10.5 Å². The summed E-state index contributed by atoms with van der Waals surface area (Å²) in [5, 5.41) is 17.4. The number of nitro groups is 1. The summed E-state index contributed by atoms with van der Waals surface area (Å²) >= 11 is 0. The van der Waals surface area contributed by atoms with E-state index in [1.54, 1.807) is 32.9 Å². The summed E-state index contributed by atoms with van der Waals surface area (Å²) in [7, 11) is 0. The lowest BCUT2D eigenvalue weighted by Gasteiger charge is -2.19. The zero-order chi connectivity index (χ0) is 17.9. The van der Waals surface area contributed by atoms with Gasteiger partial charge in [0.15, 0.2) is 5.76 Å². The van der Waals surface area contributed by atoms with Gasteiger partial charge in [0.25, 0.3) is 5.69 Å². The number of non-ortho nitro benzene ring substituents is 1. The molecular formula is C16H19N3O5. The second kappa shape index (κ2) is 6.69. The molecule has 1 aromatic carbocycles. The largest absolute Gasteiger partial charge is 0.444 e. The second-order valence-electron chi connectivity index (χ2n) is 6.29. The Hall–Kier alpha value is -2.90. The summed E-state index contributed by atoms with van der Waals surface area (Å²) in [6.45, 7) is 7.24. The number of nitro benzene ring substituents is 1. The third-order valence-corrected chi connectivity index (χ3v) is 3.07. The number of aryl methyl sites for hydroxylation is 1. The van der Waals surface area contributed by atoms with E-state index in [1.165, 1.54) is 12.1 Å². The topological polar surface area (TPSA) is 108 Å². The Kier molecular flexibility index (Phi) is 4.87. The minimum absolute atomic E-state index is 0.0213. The normalized spacial score (nSPS) is 11.2. The highest BCUT2D eigenvalue weighted by molar-refractivity contribution is 5.68. The van der Waals surface area contributed by atoms with Crippen LogP contribution in [0.5, 0.6) is 0 Å². The fraction of sp³-hybridized carbons (Fsp3) is 0.375. The van der Waals surface area contributed by atoms with E-state index in [4.69, 9.17) is 9.26 Å². The van der Waals surface area contributed by atoms with E-state index < -0.39 is 16.6 Å². The SMILES string of the molecule is Cc1ccc([N+](=O)[O-])cc1-c1cc(CNC(=O)OC(C)(C)C)on1. The van der Waals surface area contributed by atoms with Crippen LogP contribution < -0.4 is 5.32 Å². The molecule has 1 aromatic heterocycles. The van der Waals surface area contributed by atoms with Crippen LogP contribution in [0, 0.1) is 17.0 Å². The molecule has 2 rings (SSSR count). The molecule has 0 saturated carbocycles. The van der Waals surface area contributed by atoms with Crippen LogP contribution in [0.25, 0.3) is 11.3 Å². The van der Waals surface area contributed by atoms with E-state index >= 15 is 0 Å². The number of carbonyl (C=O) groups excluding carboxylic acids is 1. The van der Waals surface area contributed by atoms with Crippen LogP contribution in [-0.4, -0.2) is 21.8 Å². The lowest BCUT2D eigenvalue weighted by Crippen LogP contribution is -2.32. The average Bonchev–Trinajstić information content (AvgIpc) is 2.92. The molecule has 8 nitrogen and oxygen atoms in total. The van der Waals surface area contributed by atoms with Crippen molar-refractivity contribution >= 4 is 11.8 Å². The number of carbonyl (C=O) groups is 1. The molecule has 0 spiro atoms. The van der Waals surface area contributed by atoms with Gasteiger partial charge in [-0.2, -0.15) is 0 Å². The first-order valence-corrected chi connectivity index (χ1v) is 7.33. The van der Waals surface area contributed by atoms with Gasteiger partial charge < -0.3 is 14.6 Å². The molecule has 2 aromatic rings. The van der Waals surface area contributed by atoms with E-state index in [-0.39, 0.29) is 12.2 Å². The smallest absolute Gasteiger partial charge is 0.408 e. The molecule has 1 amide bonds. The first-order chi connectivity index (χ1) is 11.2. The maximum absolute atomic E-state index is 11.6. The number of rotatable bonds is 4. The van der Waals surface area contributed by atoms with Gasteiger partial charge in [-0.05, 0) is 33.3 Å². The van der Waals surface area contributed by atoms with Gasteiger partial charge in [-0.3, -0.25) is 10.1 Å². The molecule has 8 heteroatoms. The van der Waals surface area contributed by atoms with Gasteiger partial charge in [0, 0.05) is 23.8 Å². The van der Waals surface area contributed by atoms with Crippen molar-refractivity contribution in [3.8, 4) is 11.3 Å². The van der Waals surface area contributed by atoms with Crippen molar-refractivity contribution in [1.29, 1.82) is 0 Å². The van der Waals surface area contributed by atoms with E-state index in [0.717, 1.165) is 5.56 Å². The first-order valence-electron chi connectivity index (χ1n) is 7.33. The van der Waals surface area contributed by atoms with Gasteiger partial charge in [0.05, 0.1) is 11.5 Å². The number of amides is 1. The van der Waals surface area contributed by atoms with E-state index in [9.17, 15) is 14.9 Å². The van der Waals surface area contributed by atoms with Crippen LogP contribution in [0.2, 0.25) is 0 Å². The Morgan fingerprint density at radius 3 is 2.71 bits per heavy atom. The third-order valence-electron chi connectivity index (χ3n) is 3.07. The monoisotopic (exact) mass is 333 g/mol. The lowest BCUT2D eigenvalue weighted by atomic mass is 10.0. The summed E-state index contributed by atoms with van der Waals surface area (Å²) in [5.74, 6) is 0.418. The Bertz CT molecular complexity index is 761. The molecular weight excluding hydrogens is 314 g/mol. The van der Waals surface area contributed by atoms with Gasteiger partial charge in [0.1, 0.15) is 11.3 Å². The predicted octanol–water partition coefficient (Wildman–Crippen LogP) is 3.58. The maximum Gasteiger partial charge on any atom is 0.408 e. The quantitative estimate of drug-likeness (QED) is 0.677. The van der Waals surface area contributed by atoms with Crippen LogP contribution in [0.3, 0.4) is 0 Å². The van der Waals surface area contributed by atoms with Crippen LogP contribution >= 0.6 is 0 Å². The number of hydrogen-bond donors (Lipinski definition) is 1. The van der Waals surface area contributed by atoms with Crippen molar-refractivity contribution in [3.05, 3.63) is 45.7 Å². The van der Waals surface area contributed by atoms with Gasteiger partial charge in [-0.15, -0.1) is 0 Å². The van der Waals surface area contributed by atoms with Crippen molar-refractivity contribution in [2.24, 2.45) is 0 Å². The maximum atomic E-state index is 11.6.